The number of carbonyl (C=O) groups is 1. The van der Waals surface area contributed by atoms with E-state index in [9.17, 15) is 4.79 Å². The first kappa shape index (κ1) is 11.7. The van der Waals surface area contributed by atoms with E-state index in [2.05, 4.69) is 29.0 Å². The first-order valence-corrected chi connectivity index (χ1v) is 7.14. The van der Waals surface area contributed by atoms with Gasteiger partial charge in [-0.2, -0.15) is 0 Å². The maximum absolute atomic E-state index is 12.4. The molecule has 0 spiro atoms. The molecule has 4 rings (SSSR count). The summed E-state index contributed by atoms with van der Waals surface area (Å²) in [6.07, 6.45) is 7.97. The maximum atomic E-state index is 12.4. The van der Waals surface area contributed by atoms with E-state index in [4.69, 9.17) is 6.42 Å². The molecule has 0 saturated carbocycles. The molecule has 0 amide bonds. The molecule has 0 radical (unpaired) electrons. The Balaban J connectivity index is 2.00. The second kappa shape index (κ2) is 4.22. The summed E-state index contributed by atoms with van der Waals surface area (Å²) < 4.78 is 1.95. The molecule has 1 aromatic carbocycles. The fourth-order valence-corrected chi connectivity index (χ4v) is 3.79. The number of rotatable bonds is 1. The molecule has 0 aliphatic carbocycles. The van der Waals surface area contributed by atoms with Gasteiger partial charge in [0.05, 0.1) is 18.1 Å². The highest BCUT2D eigenvalue weighted by atomic mass is 16.2. The molecule has 0 bridgehead atoms. The van der Waals surface area contributed by atoms with Gasteiger partial charge >= 0.3 is 0 Å². The van der Waals surface area contributed by atoms with Crippen LogP contribution in [0, 0.1) is 12.3 Å². The van der Waals surface area contributed by atoms with Gasteiger partial charge in [-0.3, -0.25) is 14.3 Å². The lowest BCUT2D eigenvalue weighted by Gasteiger charge is -2.38. The normalized spacial score (nSPS) is 21.8. The summed E-state index contributed by atoms with van der Waals surface area (Å²) in [5.74, 6) is 2.98. The van der Waals surface area contributed by atoms with Gasteiger partial charge in [0.1, 0.15) is 0 Å². The number of aromatic nitrogens is 1. The summed E-state index contributed by atoms with van der Waals surface area (Å²) in [5, 5.41) is 1.24. The number of terminal acetylenes is 1. The van der Waals surface area contributed by atoms with Crippen LogP contribution in [0.2, 0.25) is 0 Å². The SMILES string of the molecule is C#CCN1CCc2c3n(c4ccccc24)C(=O)CCC31. The Kier molecular flexibility index (Phi) is 2.48. The average molecular weight is 264 g/mol. The molecule has 0 saturated heterocycles. The van der Waals surface area contributed by atoms with Crippen molar-refractivity contribution >= 4 is 16.8 Å². The number of para-hydroxylation sites is 1. The van der Waals surface area contributed by atoms with Crippen molar-refractivity contribution in [3.63, 3.8) is 0 Å². The lowest BCUT2D eigenvalue weighted by molar-refractivity contribution is 0.0824. The highest BCUT2D eigenvalue weighted by Crippen LogP contribution is 2.41. The Bertz CT molecular complexity index is 750. The number of hydrogen-bond acceptors (Lipinski definition) is 2. The largest absolute Gasteiger partial charge is 0.283 e. The molecular formula is C17H16N2O. The zero-order valence-corrected chi connectivity index (χ0v) is 11.3. The minimum atomic E-state index is 0.223. The van der Waals surface area contributed by atoms with Crippen LogP contribution in [0.15, 0.2) is 24.3 Å². The van der Waals surface area contributed by atoms with Crippen LogP contribution in [-0.4, -0.2) is 28.5 Å². The van der Waals surface area contributed by atoms with Crippen molar-refractivity contribution in [3.05, 3.63) is 35.5 Å². The maximum Gasteiger partial charge on any atom is 0.231 e. The summed E-state index contributed by atoms with van der Waals surface area (Å²) in [6.45, 7) is 1.66. The third kappa shape index (κ3) is 1.43. The highest BCUT2D eigenvalue weighted by molar-refractivity contribution is 5.97. The molecule has 1 aromatic heterocycles. The highest BCUT2D eigenvalue weighted by Gasteiger charge is 2.37. The molecule has 0 fully saturated rings. The van der Waals surface area contributed by atoms with Crippen LogP contribution in [0.3, 0.4) is 0 Å². The van der Waals surface area contributed by atoms with E-state index in [1.807, 2.05) is 10.6 Å². The second-order valence-electron chi connectivity index (χ2n) is 5.59. The van der Waals surface area contributed by atoms with Crippen LogP contribution in [0.1, 0.15) is 34.9 Å². The predicted octanol–water partition coefficient (Wildman–Crippen LogP) is 2.61. The van der Waals surface area contributed by atoms with Gasteiger partial charge in [0.25, 0.3) is 0 Å². The Hall–Kier alpha value is -2.05. The van der Waals surface area contributed by atoms with Gasteiger partial charge in [0, 0.05) is 24.0 Å². The predicted molar refractivity (Wildman–Crippen MR) is 78.6 cm³/mol. The van der Waals surface area contributed by atoms with Crippen molar-refractivity contribution in [1.29, 1.82) is 0 Å². The van der Waals surface area contributed by atoms with Crippen LogP contribution >= 0.6 is 0 Å². The zero-order valence-electron chi connectivity index (χ0n) is 11.3. The van der Waals surface area contributed by atoms with Crippen molar-refractivity contribution in [2.45, 2.75) is 25.3 Å². The average Bonchev–Trinajstić information content (AvgIpc) is 2.81. The smallest absolute Gasteiger partial charge is 0.231 e. The molecule has 1 unspecified atom stereocenters. The Morgan fingerprint density at radius 1 is 1.30 bits per heavy atom. The van der Waals surface area contributed by atoms with Crippen LogP contribution < -0.4 is 0 Å². The standard InChI is InChI=1S/C17H16N2O/c1-2-10-18-11-9-13-12-5-3-4-6-14(12)19-16(20)8-7-15(18)17(13)19/h1,3-6,15H,7-11H2. The molecule has 3 heteroatoms. The number of nitrogens with zero attached hydrogens (tertiary/aromatic N) is 2. The molecule has 100 valence electrons. The van der Waals surface area contributed by atoms with Crippen molar-refractivity contribution in [3.8, 4) is 12.3 Å². The van der Waals surface area contributed by atoms with Crippen molar-refractivity contribution in [1.82, 2.24) is 9.47 Å². The number of carbonyl (C=O) groups excluding carboxylic acids is 1. The molecule has 3 nitrogen and oxygen atoms in total. The molecule has 0 N–H and O–H groups in total. The van der Waals surface area contributed by atoms with Gasteiger partial charge in [-0.05, 0) is 24.5 Å². The number of hydrogen-bond donors (Lipinski definition) is 0. The topological polar surface area (TPSA) is 25.2 Å². The lowest BCUT2D eigenvalue weighted by Crippen LogP contribution is -2.40. The summed E-state index contributed by atoms with van der Waals surface area (Å²) >= 11 is 0. The second-order valence-corrected chi connectivity index (χ2v) is 5.59. The molecule has 1 atom stereocenters. The quantitative estimate of drug-likeness (QED) is 0.740. The molecule has 2 aliphatic heterocycles. The van der Waals surface area contributed by atoms with Crippen molar-refractivity contribution in [2.24, 2.45) is 0 Å². The van der Waals surface area contributed by atoms with Gasteiger partial charge in [-0.1, -0.05) is 24.1 Å². The van der Waals surface area contributed by atoms with Gasteiger partial charge in [-0.15, -0.1) is 6.42 Å². The summed E-state index contributed by atoms with van der Waals surface area (Å²) in [7, 11) is 0. The minimum Gasteiger partial charge on any atom is -0.283 e. The van der Waals surface area contributed by atoms with Crippen molar-refractivity contribution < 1.29 is 4.79 Å². The van der Waals surface area contributed by atoms with E-state index in [-0.39, 0.29) is 5.91 Å². The fourth-order valence-electron chi connectivity index (χ4n) is 3.79. The van der Waals surface area contributed by atoms with E-state index in [1.165, 1.54) is 16.6 Å². The molecule has 3 heterocycles. The third-order valence-electron chi connectivity index (χ3n) is 4.60. The number of fused-ring (bicyclic) bond motifs is 3. The molecule has 2 aromatic rings. The van der Waals surface area contributed by atoms with E-state index < -0.39 is 0 Å². The third-order valence-corrected chi connectivity index (χ3v) is 4.60. The Morgan fingerprint density at radius 3 is 3.00 bits per heavy atom. The van der Waals surface area contributed by atoms with E-state index in [1.54, 1.807) is 0 Å². The van der Waals surface area contributed by atoms with Crippen molar-refractivity contribution in [2.75, 3.05) is 13.1 Å². The van der Waals surface area contributed by atoms with Crippen LogP contribution in [0.5, 0.6) is 0 Å². The fraction of sp³-hybridized carbons (Fsp3) is 0.353. The summed E-state index contributed by atoms with van der Waals surface area (Å²) in [6, 6.07) is 8.56. The molecular weight excluding hydrogens is 248 g/mol. The Labute approximate surface area is 118 Å². The minimum absolute atomic E-state index is 0.223. The molecule has 2 aliphatic rings. The van der Waals surface area contributed by atoms with Gasteiger partial charge in [-0.25, -0.2) is 0 Å². The van der Waals surface area contributed by atoms with Gasteiger partial charge < -0.3 is 0 Å². The summed E-state index contributed by atoms with van der Waals surface area (Å²) in [5.41, 5.74) is 3.62. The lowest BCUT2D eigenvalue weighted by atomic mass is 9.92. The van der Waals surface area contributed by atoms with E-state index >= 15 is 0 Å². The monoisotopic (exact) mass is 264 g/mol. The van der Waals surface area contributed by atoms with E-state index in [0.29, 0.717) is 19.0 Å². The molecule has 20 heavy (non-hydrogen) atoms. The Morgan fingerprint density at radius 2 is 2.15 bits per heavy atom. The summed E-state index contributed by atoms with van der Waals surface area (Å²) in [4.78, 5) is 14.7. The van der Waals surface area contributed by atoms with Crippen LogP contribution in [0.25, 0.3) is 10.9 Å². The van der Waals surface area contributed by atoms with Gasteiger partial charge in [0.15, 0.2) is 0 Å². The van der Waals surface area contributed by atoms with Crippen LogP contribution in [0.4, 0.5) is 0 Å². The number of benzene rings is 1. The first-order chi connectivity index (χ1) is 9.81. The van der Waals surface area contributed by atoms with Crippen LogP contribution in [-0.2, 0) is 6.42 Å². The van der Waals surface area contributed by atoms with E-state index in [0.717, 1.165) is 24.9 Å². The first-order valence-electron chi connectivity index (χ1n) is 7.14. The zero-order chi connectivity index (χ0) is 13.7. The van der Waals surface area contributed by atoms with Gasteiger partial charge in [0.2, 0.25) is 5.91 Å².